The van der Waals surface area contributed by atoms with Gasteiger partial charge in [-0.2, -0.15) is 13.2 Å². The molecule has 0 radical (unpaired) electrons. The highest BCUT2D eigenvalue weighted by molar-refractivity contribution is 5.03. The summed E-state index contributed by atoms with van der Waals surface area (Å²) in [5.74, 6) is 4.86. The van der Waals surface area contributed by atoms with Gasteiger partial charge in [0, 0.05) is 5.92 Å². The molecule has 4 aliphatic carbocycles. The summed E-state index contributed by atoms with van der Waals surface area (Å²) < 4.78 is 58.0. The summed E-state index contributed by atoms with van der Waals surface area (Å²) in [5.41, 5.74) is 0. The average molecular weight is 623 g/mol. The van der Waals surface area contributed by atoms with Crippen molar-refractivity contribution in [3.63, 3.8) is 0 Å². The zero-order valence-electron chi connectivity index (χ0n) is 27.7. The molecular weight excluding hydrogens is 560 g/mol. The van der Waals surface area contributed by atoms with Crippen LogP contribution in [0.3, 0.4) is 0 Å². The molecule has 0 bridgehead atoms. The van der Waals surface area contributed by atoms with E-state index in [0.29, 0.717) is 24.7 Å². The first kappa shape index (κ1) is 34.5. The first-order valence-corrected chi connectivity index (χ1v) is 19.0. The molecule has 0 aromatic rings. The predicted molar refractivity (Wildman–Crippen MR) is 173 cm³/mol. The van der Waals surface area contributed by atoms with E-state index in [4.69, 9.17) is 4.74 Å². The van der Waals surface area contributed by atoms with Crippen LogP contribution < -0.4 is 0 Å². The molecule has 5 rings (SSSR count). The number of allylic oxidation sites excluding steroid dienone is 4. The van der Waals surface area contributed by atoms with Crippen molar-refractivity contribution in [1.29, 1.82) is 0 Å². The fourth-order valence-corrected chi connectivity index (χ4v) is 10.1. The van der Waals surface area contributed by atoms with Gasteiger partial charge in [0.15, 0.2) is 0 Å². The van der Waals surface area contributed by atoms with Gasteiger partial charge in [0.1, 0.15) is 5.83 Å². The fourth-order valence-electron chi connectivity index (χ4n) is 10.1. The van der Waals surface area contributed by atoms with Crippen molar-refractivity contribution < 1.29 is 22.3 Å². The molecule has 0 aromatic heterocycles. The van der Waals surface area contributed by atoms with Gasteiger partial charge in [-0.25, -0.2) is 4.39 Å². The van der Waals surface area contributed by atoms with Crippen molar-refractivity contribution >= 4 is 0 Å². The van der Waals surface area contributed by atoms with E-state index in [-0.39, 0.29) is 12.2 Å². The van der Waals surface area contributed by atoms with E-state index in [2.05, 4.69) is 19.1 Å². The van der Waals surface area contributed by atoms with Crippen molar-refractivity contribution in [3.05, 3.63) is 24.1 Å². The number of halogens is 4. The number of rotatable bonds is 10. The second kappa shape index (κ2) is 16.8. The highest BCUT2D eigenvalue weighted by Crippen LogP contribution is 2.45. The molecule has 1 aliphatic heterocycles. The average Bonchev–Trinajstić information content (AvgIpc) is 3.04. The van der Waals surface area contributed by atoms with Crippen LogP contribution >= 0.6 is 0 Å². The Morgan fingerprint density at radius 3 is 1.61 bits per heavy atom. The minimum absolute atomic E-state index is 0.143. The van der Waals surface area contributed by atoms with Crippen molar-refractivity contribution in [3.8, 4) is 0 Å². The van der Waals surface area contributed by atoms with E-state index in [1.165, 1.54) is 109 Å². The third kappa shape index (κ3) is 10.3. The van der Waals surface area contributed by atoms with Gasteiger partial charge in [0.05, 0.1) is 18.8 Å². The topological polar surface area (TPSA) is 9.23 Å². The number of ether oxygens (including phenoxy) is 1. The Morgan fingerprint density at radius 1 is 0.614 bits per heavy atom. The van der Waals surface area contributed by atoms with Gasteiger partial charge in [0.2, 0.25) is 0 Å². The van der Waals surface area contributed by atoms with Crippen LogP contribution in [0, 0.1) is 53.3 Å². The molecule has 0 aromatic carbocycles. The molecule has 4 saturated carbocycles. The highest BCUT2D eigenvalue weighted by Gasteiger charge is 2.37. The summed E-state index contributed by atoms with van der Waals surface area (Å²) in [6.07, 6.45) is 28.3. The quantitative estimate of drug-likeness (QED) is 0.134. The van der Waals surface area contributed by atoms with Crippen molar-refractivity contribution in [1.82, 2.24) is 0 Å². The number of alkyl halides is 3. The largest absolute Gasteiger partial charge is 0.412 e. The summed E-state index contributed by atoms with van der Waals surface area (Å²) in [5, 5.41) is 0. The predicted octanol–water partition coefficient (Wildman–Crippen LogP) is 12.6. The summed E-state index contributed by atoms with van der Waals surface area (Å²) in [6.45, 7) is 3.15. The zero-order valence-corrected chi connectivity index (χ0v) is 27.7. The van der Waals surface area contributed by atoms with Crippen LogP contribution in [0.5, 0.6) is 0 Å². The van der Waals surface area contributed by atoms with Gasteiger partial charge < -0.3 is 4.74 Å². The minimum atomic E-state index is -4.57. The smallest absolute Gasteiger partial charge is 0.378 e. The molecule has 0 amide bonds. The highest BCUT2D eigenvalue weighted by atomic mass is 19.4. The SMILES string of the molecule is CCCCCC1CCC(C2CCC(/C=C/C3CCC(C4CCC(C5CCC(/C(F)=C/C(F)(F)F)CC5)OC4)CC3)CC2)CC1. The second-order valence-corrected chi connectivity index (χ2v) is 15.9. The Kier molecular flexibility index (Phi) is 13.2. The van der Waals surface area contributed by atoms with Crippen LogP contribution in [0.25, 0.3) is 0 Å². The molecule has 252 valence electrons. The molecule has 0 spiro atoms. The minimum Gasteiger partial charge on any atom is -0.378 e. The van der Waals surface area contributed by atoms with Crippen LogP contribution in [0.15, 0.2) is 24.1 Å². The lowest BCUT2D eigenvalue weighted by Crippen LogP contribution is -2.37. The summed E-state index contributed by atoms with van der Waals surface area (Å²) in [7, 11) is 0. The molecule has 0 N–H and O–H groups in total. The maximum absolute atomic E-state index is 14.0. The number of hydrogen-bond donors (Lipinski definition) is 0. The molecule has 5 heteroatoms. The van der Waals surface area contributed by atoms with Gasteiger partial charge in [-0.1, -0.05) is 57.6 Å². The molecule has 5 aliphatic rings. The molecule has 1 saturated heterocycles. The maximum atomic E-state index is 14.0. The third-order valence-corrected chi connectivity index (χ3v) is 13.1. The first-order valence-electron chi connectivity index (χ1n) is 19.0. The van der Waals surface area contributed by atoms with E-state index < -0.39 is 17.9 Å². The van der Waals surface area contributed by atoms with Crippen LogP contribution in [0.1, 0.15) is 148 Å². The van der Waals surface area contributed by atoms with Crippen LogP contribution in [-0.4, -0.2) is 18.9 Å². The van der Waals surface area contributed by atoms with Crippen LogP contribution in [0.2, 0.25) is 0 Å². The van der Waals surface area contributed by atoms with Crippen molar-refractivity contribution in [2.45, 2.75) is 160 Å². The van der Waals surface area contributed by atoms with Crippen molar-refractivity contribution in [2.24, 2.45) is 53.3 Å². The molecule has 1 nitrogen and oxygen atoms in total. The normalized spacial score (nSPS) is 39.9. The van der Waals surface area contributed by atoms with E-state index >= 15 is 0 Å². The summed E-state index contributed by atoms with van der Waals surface area (Å²) >= 11 is 0. The van der Waals surface area contributed by atoms with Crippen LogP contribution in [0.4, 0.5) is 17.6 Å². The summed E-state index contributed by atoms with van der Waals surface area (Å²) in [6, 6.07) is 0. The fraction of sp³-hybridized carbons (Fsp3) is 0.897. The summed E-state index contributed by atoms with van der Waals surface area (Å²) in [4.78, 5) is 0. The van der Waals surface area contributed by atoms with E-state index in [0.717, 1.165) is 61.4 Å². The Bertz CT molecular complexity index is 870. The van der Waals surface area contributed by atoms with Crippen molar-refractivity contribution in [2.75, 3.05) is 6.61 Å². The molecule has 5 fully saturated rings. The lowest BCUT2D eigenvalue weighted by atomic mass is 9.68. The van der Waals surface area contributed by atoms with Gasteiger partial charge in [-0.3, -0.25) is 0 Å². The molecule has 44 heavy (non-hydrogen) atoms. The van der Waals surface area contributed by atoms with Gasteiger partial charge in [-0.15, -0.1) is 0 Å². The number of unbranched alkanes of at least 4 members (excludes halogenated alkanes) is 2. The van der Waals surface area contributed by atoms with Crippen LogP contribution in [-0.2, 0) is 4.74 Å². The van der Waals surface area contributed by atoms with E-state index in [1.54, 1.807) is 0 Å². The van der Waals surface area contributed by atoms with Gasteiger partial charge >= 0.3 is 6.18 Å². The Hall–Kier alpha value is -0.840. The Morgan fingerprint density at radius 2 is 1.11 bits per heavy atom. The third-order valence-electron chi connectivity index (χ3n) is 13.1. The maximum Gasteiger partial charge on any atom is 0.412 e. The Balaban J connectivity index is 0.935. The standard InChI is InChI=1S/C39H62F4O/c1-2-3-4-5-28-8-14-31(15-9-28)32-16-10-29(11-17-32)6-7-30-12-18-33(19-13-30)36-24-25-38(44-27-36)35-22-20-34(21-23-35)37(40)26-39(41,42)43/h6-7,26,28-36,38H,2-5,8-25,27H2,1H3/b7-6+,37-26-. The lowest BCUT2D eigenvalue weighted by Gasteiger charge is -2.41. The molecule has 2 unspecified atom stereocenters. The Labute approximate surface area is 266 Å². The zero-order chi connectivity index (χ0) is 30.9. The molecule has 2 atom stereocenters. The first-order chi connectivity index (χ1) is 21.3. The molecule has 1 heterocycles. The number of hydrogen-bond acceptors (Lipinski definition) is 1. The molecular formula is C39H62F4O. The van der Waals surface area contributed by atoms with Gasteiger partial charge in [-0.05, 0) is 150 Å². The second-order valence-electron chi connectivity index (χ2n) is 15.9. The lowest BCUT2D eigenvalue weighted by molar-refractivity contribution is -0.0832. The van der Waals surface area contributed by atoms with Gasteiger partial charge in [0.25, 0.3) is 0 Å². The van der Waals surface area contributed by atoms with E-state index in [9.17, 15) is 17.6 Å². The van der Waals surface area contributed by atoms with E-state index in [1.807, 2.05) is 0 Å². The monoisotopic (exact) mass is 622 g/mol.